The van der Waals surface area contributed by atoms with Gasteiger partial charge in [0.05, 0.1) is 6.54 Å². The Kier molecular flexibility index (Phi) is 6.74. The van der Waals surface area contributed by atoms with Crippen molar-refractivity contribution in [2.45, 2.75) is 6.54 Å². The molecule has 12 heteroatoms. The van der Waals surface area contributed by atoms with Gasteiger partial charge < -0.3 is 15.1 Å². The molecule has 0 bridgehead atoms. The number of nitrogens with zero attached hydrogens (tertiary/aromatic N) is 6. The molecule has 2 aromatic heterocycles. The highest BCUT2D eigenvalue weighted by Gasteiger charge is 2.27. The maximum absolute atomic E-state index is 13.2. The smallest absolute Gasteiger partial charge is 0.332 e. The Morgan fingerprint density at radius 2 is 1.70 bits per heavy atom. The molecular weight excluding hydrogens is 517 g/mol. The number of anilines is 2. The Balaban J connectivity index is 1.46. The van der Waals surface area contributed by atoms with Crippen molar-refractivity contribution in [2.24, 2.45) is 14.1 Å². The molecule has 192 valence electrons. The zero-order valence-electron chi connectivity index (χ0n) is 20.3. The quantitative estimate of drug-likeness (QED) is 0.398. The van der Waals surface area contributed by atoms with E-state index in [0.717, 1.165) is 10.1 Å². The van der Waals surface area contributed by atoms with E-state index in [2.05, 4.69) is 10.2 Å². The monoisotopic (exact) mass is 541 g/mol. The summed E-state index contributed by atoms with van der Waals surface area (Å²) in [6.45, 7) is 2.72. The molecule has 0 spiro atoms. The van der Waals surface area contributed by atoms with Gasteiger partial charge in [0.1, 0.15) is 5.82 Å². The van der Waals surface area contributed by atoms with E-state index in [1.807, 2.05) is 27.7 Å². The number of piperazine rings is 1. The third-order valence-corrected chi connectivity index (χ3v) is 7.29. The summed E-state index contributed by atoms with van der Waals surface area (Å²) in [5, 5.41) is 4.28. The molecule has 0 atom stereocenters. The van der Waals surface area contributed by atoms with Crippen LogP contribution < -0.4 is 21.5 Å². The van der Waals surface area contributed by atoms with Gasteiger partial charge in [-0.25, -0.2) is 9.18 Å². The SMILES string of the molecule is Cn1c(=O)c2c(nc(N3CCN(C(=S)Nc4ccc(F)cc4)CC3)n2Cc2ccccc2Cl)n(C)c1=O. The number of aromatic nitrogens is 4. The lowest BCUT2D eigenvalue weighted by Crippen LogP contribution is -2.50. The van der Waals surface area contributed by atoms with Crippen LogP contribution in [-0.4, -0.2) is 54.9 Å². The Labute approximate surface area is 222 Å². The lowest BCUT2D eigenvalue weighted by atomic mass is 10.2. The van der Waals surface area contributed by atoms with Crippen molar-refractivity contribution in [1.82, 2.24) is 23.6 Å². The second-order valence-corrected chi connectivity index (χ2v) is 9.67. The number of nitrogens with one attached hydrogen (secondary N) is 1. The lowest BCUT2D eigenvalue weighted by Gasteiger charge is -2.36. The fourth-order valence-electron chi connectivity index (χ4n) is 4.47. The molecule has 0 amide bonds. The van der Waals surface area contributed by atoms with E-state index in [4.69, 9.17) is 28.8 Å². The summed E-state index contributed by atoms with van der Waals surface area (Å²) in [6.07, 6.45) is 0. The number of halogens is 2. The van der Waals surface area contributed by atoms with Gasteiger partial charge in [-0.1, -0.05) is 29.8 Å². The molecule has 0 unspecified atom stereocenters. The number of thiocarbonyl (C=S) groups is 1. The average Bonchev–Trinajstić information content (AvgIpc) is 3.28. The summed E-state index contributed by atoms with van der Waals surface area (Å²) in [6, 6.07) is 13.5. The molecule has 0 saturated carbocycles. The summed E-state index contributed by atoms with van der Waals surface area (Å²) >= 11 is 12.0. The fraction of sp³-hybridized carbons (Fsp3) is 0.280. The number of aryl methyl sites for hydroxylation is 1. The Bertz CT molecular complexity index is 1600. The van der Waals surface area contributed by atoms with Gasteiger partial charge in [0.25, 0.3) is 5.56 Å². The van der Waals surface area contributed by atoms with Crippen molar-refractivity contribution < 1.29 is 4.39 Å². The summed E-state index contributed by atoms with van der Waals surface area (Å²) < 4.78 is 17.5. The Morgan fingerprint density at radius 3 is 2.38 bits per heavy atom. The van der Waals surface area contributed by atoms with E-state index in [0.29, 0.717) is 65.7 Å². The first-order valence-corrected chi connectivity index (χ1v) is 12.5. The van der Waals surface area contributed by atoms with E-state index in [1.165, 1.54) is 23.7 Å². The van der Waals surface area contributed by atoms with Crippen molar-refractivity contribution in [3.05, 3.63) is 85.8 Å². The van der Waals surface area contributed by atoms with Gasteiger partial charge in [0.2, 0.25) is 5.95 Å². The fourth-order valence-corrected chi connectivity index (χ4v) is 4.96. The normalized spacial score (nSPS) is 13.8. The predicted molar refractivity (Wildman–Crippen MR) is 147 cm³/mol. The lowest BCUT2D eigenvalue weighted by molar-refractivity contribution is 0.386. The van der Waals surface area contributed by atoms with Gasteiger partial charge in [0, 0.05) is 51.0 Å². The van der Waals surface area contributed by atoms with Crippen LogP contribution in [0.5, 0.6) is 0 Å². The van der Waals surface area contributed by atoms with E-state index in [1.54, 1.807) is 25.2 Å². The van der Waals surface area contributed by atoms with E-state index in [9.17, 15) is 14.0 Å². The standard InChI is InChI=1S/C25H25ClFN7O2S/c1-30-21-20(22(35)31(2)25(30)36)34(15-16-5-3-4-6-19(16)26)23(29-21)32-11-13-33(14-12-32)24(37)28-18-9-7-17(27)8-10-18/h3-10H,11-15H2,1-2H3,(H,28,37). The molecule has 0 radical (unpaired) electrons. The van der Waals surface area contributed by atoms with E-state index >= 15 is 0 Å². The van der Waals surface area contributed by atoms with Crippen LogP contribution in [0.1, 0.15) is 5.56 Å². The third kappa shape index (κ3) is 4.72. The first-order chi connectivity index (χ1) is 17.7. The van der Waals surface area contributed by atoms with Crippen molar-refractivity contribution in [1.29, 1.82) is 0 Å². The molecule has 1 fully saturated rings. The van der Waals surface area contributed by atoms with Crippen LogP contribution in [-0.2, 0) is 20.6 Å². The zero-order valence-corrected chi connectivity index (χ0v) is 21.9. The van der Waals surface area contributed by atoms with Crippen LogP contribution in [0.3, 0.4) is 0 Å². The number of imidazole rings is 1. The van der Waals surface area contributed by atoms with Gasteiger partial charge in [0.15, 0.2) is 16.3 Å². The maximum atomic E-state index is 13.2. The molecule has 1 aliphatic heterocycles. The molecule has 37 heavy (non-hydrogen) atoms. The minimum absolute atomic E-state index is 0.308. The first kappa shape index (κ1) is 25.0. The number of hydrogen-bond acceptors (Lipinski definition) is 5. The Morgan fingerprint density at radius 1 is 1.03 bits per heavy atom. The van der Waals surface area contributed by atoms with Gasteiger partial charge in [-0.05, 0) is 48.1 Å². The van der Waals surface area contributed by atoms with Gasteiger partial charge in [-0.15, -0.1) is 0 Å². The van der Waals surface area contributed by atoms with Crippen LogP contribution in [0.2, 0.25) is 5.02 Å². The minimum atomic E-state index is -0.437. The summed E-state index contributed by atoms with van der Waals surface area (Å²) in [5.74, 6) is 0.280. The second-order valence-electron chi connectivity index (χ2n) is 8.88. The molecule has 1 aliphatic rings. The van der Waals surface area contributed by atoms with E-state index < -0.39 is 11.2 Å². The molecule has 1 saturated heterocycles. The molecule has 0 aliphatic carbocycles. The second kappa shape index (κ2) is 9.98. The van der Waals surface area contributed by atoms with Gasteiger partial charge in [-0.2, -0.15) is 4.98 Å². The third-order valence-electron chi connectivity index (χ3n) is 6.56. The first-order valence-electron chi connectivity index (χ1n) is 11.7. The van der Waals surface area contributed by atoms with E-state index in [-0.39, 0.29) is 5.82 Å². The van der Waals surface area contributed by atoms with Crippen LogP contribution >= 0.6 is 23.8 Å². The van der Waals surface area contributed by atoms with Crippen molar-refractivity contribution in [3.63, 3.8) is 0 Å². The van der Waals surface area contributed by atoms with Crippen LogP contribution in [0.15, 0.2) is 58.1 Å². The molecule has 1 N–H and O–H groups in total. The molecule has 9 nitrogen and oxygen atoms in total. The number of fused-ring (bicyclic) bond motifs is 1. The summed E-state index contributed by atoms with van der Waals surface area (Å²) in [7, 11) is 3.07. The van der Waals surface area contributed by atoms with Crippen LogP contribution in [0.25, 0.3) is 11.2 Å². The van der Waals surface area contributed by atoms with Crippen molar-refractivity contribution >= 4 is 51.7 Å². The molecular formula is C25H25ClFN7O2S. The van der Waals surface area contributed by atoms with Gasteiger partial charge in [-0.3, -0.25) is 18.5 Å². The largest absolute Gasteiger partial charge is 0.345 e. The molecule has 2 aromatic carbocycles. The molecule has 5 rings (SSSR count). The predicted octanol–water partition coefficient (Wildman–Crippen LogP) is 2.79. The highest BCUT2D eigenvalue weighted by molar-refractivity contribution is 7.80. The van der Waals surface area contributed by atoms with Crippen molar-refractivity contribution in [2.75, 3.05) is 36.4 Å². The van der Waals surface area contributed by atoms with Crippen LogP contribution in [0, 0.1) is 5.82 Å². The highest BCUT2D eigenvalue weighted by Crippen LogP contribution is 2.25. The number of benzene rings is 2. The summed E-state index contributed by atoms with van der Waals surface area (Å²) in [5.41, 5.74) is 1.37. The minimum Gasteiger partial charge on any atom is -0.345 e. The molecule has 4 aromatic rings. The maximum Gasteiger partial charge on any atom is 0.332 e. The van der Waals surface area contributed by atoms with Crippen molar-refractivity contribution in [3.8, 4) is 0 Å². The number of rotatable bonds is 4. The van der Waals surface area contributed by atoms with Gasteiger partial charge >= 0.3 is 5.69 Å². The number of hydrogen-bond donors (Lipinski definition) is 1. The molecule has 3 heterocycles. The Hall–Kier alpha value is -3.70. The van der Waals surface area contributed by atoms with Crippen LogP contribution in [0.4, 0.5) is 16.0 Å². The summed E-state index contributed by atoms with van der Waals surface area (Å²) in [4.78, 5) is 34.7. The average molecular weight is 542 g/mol. The topological polar surface area (TPSA) is 80.3 Å². The highest BCUT2D eigenvalue weighted by atomic mass is 35.5. The zero-order chi connectivity index (χ0) is 26.3.